The molecule has 0 bridgehead atoms. The molecular weight excluding hydrogens is 190 g/mol. The average molecular weight is 211 g/mol. The number of hydrogen-bond donors (Lipinski definition) is 1. The van der Waals surface area contributed by atoms with E-state index in [2.05, 4.69) is 37.6 Å². The van der Waals surface area contributed by atoms with E-state index in [0.717, 1.165) is 6.42 Å². The normalized spacial score (nSPS) is 14.3. The van der Waals surface area contributed by atoms with Crippen LogP contribution in [-0.2, 0) is 5.41 Å². The lowest BCUT2D eigenvalue weighted by Gasteiger charge is -2.24. The molecule has 0 aliphatic heterocycles. The Morgan fingerprint density at radius 1 is 1.50 bits per heavy atom. The topological polar surface area (TPSA) is 26.0 Å². The van der Waals surface area contributed by atoms with Crippen molar-refractivity contribution in [3.8, 4) is 0 Å². The third-order valence-corrected chi connectivity index (χ3v) is 3.45. The highest BCUT2D eigenvalue weighted by atomic mass is 32.1. The molecule has 0 saturated heterocycles. The van der Waals surface area contributed by atoms with Crippen molar-refractivity contribution in [1.29, 1.82) is 0 Å². The second kappa shape index (κ2) is 4.94. The molecule has 1 atom stereocenters. The summed E-state index contributed by atoms with van der Waals surface area (Å²) in [6.07, 6.45) is 3.58. The van der Waals surface area contributed by atoms with Gasteiger partial charge in [-0.15, -0.1) is 0 Å². The van der Waals surface area contributed by atoms with E-state index in [1.54, 1.807) is 11.3 Å². The molecule has 1 nitrogen and oxygen atoms in total. The summed E-state index contributed by atoms with van der Waals surface area (Å²) < 4.78 is 0. The Morgan fingerprint density at radius 2 is 2.21 bits per heavy atom. The van der Waals surface area contributed by atoms with Gasteiger partial charge in [-0.1, -0.05) is 20.3 Å². The summed E-state index contributed by atoms with van der Waals surface area (Å²) in [5, 5.41) is 4.41. The lowest BCUT2D eigenvalue weighted by Crippen LogP contribution is -2.19. The minimum absolute atomic E-state index is 0.314. The highest BCUT2D eigenvalue weighted by molar-refractivity contribution is 7.08. The number of thiophene rings is 1. The monoisotopic (exact) mass is 211 g/mol. The van der Waals surface area contributed by atoms with Crippen LogP contribution in [0.2, 0.25) is 0 Å². The van der Waals surface area contributed by atoms with E-state index in [1.807, 2.05) is 0 Å². The van der Waals surface area contributed by atoms with E-state index in [1.165, 1.54) is 18.4 Å². The first-order valence-corrected chi connectivity index (χ1v) is 6.25. The second-order valence-corrected chi connectivity index (χ2v) is 5.55. The van der Waals surface area contributed by atoms with Gasteiger partial charge in [-0.2, -0.15) is 11.3 Å². The molecule has 2 heteroatoms. The SMILES string of the molecule is CC(N)CCCC(C)(C)c1ccsc1. The molecule has 1 aromatic heterocycles. The number of nitrogens with two attached hydrogens (primary N) is 1. The summed E-state index contributed by atoms with van der Waals surface area (Å²) in [6, 6.07) is 2.57. The van der Waals surface area contributed by atoms with Gasteiger partial charge in [0.15, 0.2) is 0 Å². The zero-order chi connectivity index (χ0) is 10.6. The van der Waals surface area contributed by atoms with E-state index in [0.29, 0.717) is 11.5 Å². The molecule has 14 heavy (non-hydrogen) atoms. The molecule has 0 aliphatic rings. The molecule has 0 amide bonds. The van der Waals surface area contributed by atoms with Crippen molar-refractivity contribution in [2.45, 2.75) is 51.5 Å². The van der Waals surface area contributed by atoms with Crippen molar-refractivity contribution < 1.29 is 0 Å². The minimum Gasteiger partial charge on any atom is -0.328 e. The standard InChI is InChI=1S/C12H21NS/c1-10(13)5-4-7-12(2,3)11-6-8-14-9-11/h6,8-10H,4-5,7,13H2,1-3H3. The molecule has 0 aliphatic carbocycles. The van der Waals surface area contributed by atoms with Crippen molar-refractivity contribution >= 4 is 11.3 Å². The van der Waals surface area contributed by atoms with E-state index in [-0.39, 0.29) is 0 Å². The van der Waals surface area contributed by atoms with Gasteiger partial charge >= 0.3 is 0 Å². The second-order valence-electron chi connectivity index (χ2n) is 4.77. The van der Waals surface area contributed by atoms with Crippen molar-refractivity contribution in [3.05, 3.63) is 22.4 Å². The molecule has 0 saturated carbocycles. The van der Waals surface area contributed by atoms with E-state index >= 15 is 0 Å². The van der Waals surface area contributed by atoms with E-state index in [9.17, 15) is 0 Å². The van der Waals surface area contributed by atoms with Crippen LogP contribution in [0.1, 0.15) is 45.6 Å². The summed E-state index contributed by atoms with van der Waals surface area (Å²) in [7, 11) is 0. The average Bonchev–Trinajstić information content (AvgIpc) is 2.54. The Bertz CT molecular complexity index is 249. The summed E-state index contributed by atoms with van der Waals surface area (Å²) in [6.45, 7) is 6.71. The predicted octanol–water partition coefficient (Wildman–Crippen LogP) is 3.54. The van der Waals surface area contributed by atoms with Crippen LogP contribution in [-0.4, -0.2) is 6.04 Å². The van der Waals surface area contributed by atoms with Gasteiger partial charge in [0.25, 0.3) is 0 Å². The van der Waals surface area contributed by atoms with Crippen LogP contribution in [0.15, 0.2) is 16.8 Å². The van der Waals surface area contributed by atoms with Crippen LogP contribution in [0.25, 0.3) is 0 Å². The highest BCUT2D eigenvalue weighted by Gasteiger charge is 2.20. The van der Waals surface area contributed by atoms with Crippen LogP contribution < -0.4 is 5.73 Å². The van der Waals surface area contributed by atoms with Crippen LogP contribution in [0.3, 0.4) is 0 Å². The van der Waals surface area contributed by atoms with E-state index in [4.69, 9.17) is 5.73 Å². The minimum atomic E-state index is 0.314. The van der Waals surface area contributed by atoms with Crippen molar-refractivity contribution in [2.75, 3.05) is 0 Å². The Hall–Kier alpha value is -0.340. The number of hydrogen-bond acceptors (Lipinski definition) is 2. The maximum atomic E-state index is 5.74. The highest BCUT2D eigenvalue weighted by Crippen LogP contribution is 2.30. The molecule has 1 rings (SSSR count). The Labute approximate surface area is 91.3 Å². The molecule has 80 valence electrons. The predicted molar refractivity (Wildman–Crippen MR) is 64.8 cm³/mol. The van der Waals surface area contributed by atoms with Gasteiger partial charge in [0.1, 0.15) is 0 Å². The molecule has 0 fully saturated rings. The Morgan fingerprint density at radius 3 is 2.71 bits per heavy atom. The quantitative estimate of drug-likeness (QED) is 0.792. The smallest absolute Gasteiger partial charge is 0.00104 e. The van der Waals surface area contributed by atoms with Crippen LogP contribution in [0.5, 0.6) is 0 Å². The lowest BCUT2D eigenvalue weighted by atomic mass is 9.81. The van der Waals surface area contributed by atoms with Crippen LogP contribution >= 0.6 is 11.3 Å². The molecule has 1 unspecified atom stereocenters. The fourth-order valence-electron chi connectivity index (χ4n) is 1.66. The van der Waals surface area contributed by atoms with Gasteiger partial charge in [-0.25, -0.2) is 0 Å². The van der Waals surface area contributed by atoms with Gasteiger partial charge in [-0.05, 0) is 47.6 Å². The fourth-order valence-corrected chi connectivity index (χ4v) is 2.51. The van der Waals surface area contributed by atoms with Crippen molar-refractivity contribution in [2.24, 2.45) is 5.73 Å². The Balaban J connectivity index is 2.42. The molecule has 2 N–H and O–H groups in total. The third kappa shape index (κ3) is 3.43. The van der Waals surface area contributed by atoms with Gasteiger partial charge in [0.05, 0.1) is 0 Å². The first kappa shape index (κ1) is 11.7. The van der Waals surface area contributed by atoms with Crippen LogP contribution in [0, 0.1) is 0 Å². The maximum Gasteiger partial charge on any atom is 0.00104 e. The fraction of sp³-hybridized carbons (Fsp3) is 0.667. The molecule has 0 aromatic carbocycles. The summed E-state index contributed by atoms with van der Waals surface area (Å²) in [5.41, 5.74) is 7.52. The van der Waals surface area contributed by atoms with Crippen molar-refractivity contribution in [1.82, 2.24) is 0 Å². The zero-order valence-electron chi connectivity index (χ0n) is 9.42. The van der Waals surface area contributed by atoms with E-state index < -0.39 is 0 Å². The van der Waals surface area contributed by atoms with Crippen LogP contribution in [0.4, 0.5) is 0 Å². The van der Waals surface area contributed by atoms with Crippen molar-refractivity contribution in [3.63, 3.8) is 0 Å². The molecule has 1 aromatic rings. The van der Waals surface area contributed by atoms with Gasteiger partial charge < -0.3 is 5.73 Å². The molecule has 0 spiro atoms. The first-order chi connectivity index (χ1) is 6.52. The van der Waals surface area contributed by atoms with Gasteiger partial charge in [0.2, 0.25) is 0 Å². The number of rotatable bonds is 5. The molecule has 1 heterocycles. The first-order valence-electron chi connectivity index (χ1n) is 5.30. The summed E-state index contributed by atoms with van der Waals surface area (Å²) >= 11 is 1.78. The summed E-state index contributed by atoms with van der Waals surface area (Å²) in [4.78, 5) is 0. The third-order valence-electron chi connectivity index (χ3n) is 2.76. The van der Waals surface area contributed by atoms with Gasteiger partial charge in [-0.3, -0.25) is 0 Å². The molecule has 0 radical (unpaired) electrons. The Kier molecular flexibility index (Phi) is 4.14. The summed E-state index contributed by atoms with van der Waals surface area (Å²) in [5.74, 6) is 0. The van der Waals surface area contributed by atoms with Gasteiger partial charge in [0, 0.05) is 6.04 Å². The maximum absolute atomic E-state index is 5.74. The lowest BCUT2D eigenvalue weighted by molar-refractivity contribution is 0.441. The zero-order valence-corrected chi connectivity index (χ0v) is 10.2. The largest absolute Gasteiger partial charge is 0.328 e. The molecular formula is C12H21NS.